The molecular formula is C60H86N14O8. The summed E-state index contributed by atoms with van der Waals surface area (Å²) in [5.74, 6) is 1.45. The molecule has 6 amide bonds. The Bertz CT molecular complexity index is 2710. The highest BCUT2D eigenvalue weighted by molar-refractivity contribution is 6.04. The second-order valence-electron chi connectivity index (χ2n) is 23.4. The Hall–Kier alpha value is -6.94. The van der Waals surface area contributed by atoms with Gasteiger partial charge < -0.3 is 61.8 Å². The van der Waals surface area contributed by atoms with Crippen molar-refractivity contribution >= 4 is 80.3 Å². The van der Waals surface area contributed by atoms with E-state index in [-0.39, 0.29) is 47.3 Å². The molecule has 0 spiro atoms. The molecule has 2 aromatic carbocycles. The van der Waals surface area contributed by atoms with Gasteiger partial charge in [0.1, 0.15) is 60.0 Å². The van der Waals surface area contributed by atoms with Gasteiger partial charge in [-0.2, -0.15) is 0 Å². The predicted molar refractivity (Wildman–Crippen MR) is 315 cm³/mol. The molecule has 0 bridgehead atoms. The van der Waals surface area contributed by atoms with Gasteiger partial charge in [-0.25, -0.2) is 19.9 Å². The number of likely N-dealkylation sites (tertiary alicyclic amines) is 2. The maximum absolute atomic E-state index is 14.4. The van der Waals surface area contributed by atoms with E-state index in [1.54, 1.807) is 64.1 Å². The molecule has 2 aromatic heterocycles. The summed E-state index contributed by atoms with van der Waals surface area (Å²) in [5.41, 5.74) is 2.21. The Labute approximate surface area is 481 Å². The van der Waals surface area contributed by atoms with Crippen LogP contribution in [0, 0.1) is 23.7 Å². The standard InChI is InChI=1S/C60H86N14O8/c1-35(61-3)55(75)71-51(39-15-9-7-10-16-39)59(79)73-25-13-19-47(73)57(77)69-45-27-41-43(29-49(45)81-5)65-33-67-53(41)63-31-37-21-23-38(24-22-37)32-64-54-42-28-46(50(82-6)30-44(42)66-34-68-54)70-58(78)48-20-14-26-74(48)60(80)52(40-17-11-8-12-18-40)72-56(76)36(2)62-4/h27-30,33-40,47-48,51-52,61-62H,7-26,31-32H2,1-6H3,(H,69,77)(H,70,78)(H,71,75)(H,72,76)(H,63,65,67)(H,64,66,68)/t35-,36-,37?,38?,47-,48-,51-,52-/m0/s1. The lowest BCUT2D eigenvalue weighted by Crippen LogP contribution is -2.57. The highest BCUT2D eigenvalue weighted by Crippen LogP contribution is 2.38. The minimum Gasteiger partial charge on any atom is -0.494 e. The van der Waals surface area contributed by atoms with Crippen LogP contribution in [0.3, 0.4) is 0 Å². The molecule has 4 heterocycles. The quantitative estimate of drug-likeness (QED) is 0.0440. The zero-order valence-corrected chi connectivity index (χ0v) is 48.7. The van der Waals surface area contributed by atoms with Gasteiger partial charge in [0.2, 0.25) is 35.4 Å². The summed E-state index contributed by atoms with van der Waals surface area (Å²) in [6.45, 7) is 5.79. The van der Waals surface area contributed by atoms with Crippen molar-refractivity contribution in [2.75, 3.05) is 75.8 Å². The Kier molecular flexibility index (Phi) is 20.3. The van der Waals surface area contributed by atoms with E-state index in [1.165, 1.54) is 12.7 Å². The maximum atomic E-state index is 14.4. The topological polar surface area (TPSA) is 275 Å². The van der Waals surface area contributed by atoms with Crippen molar-refractivity contribution in [2.45, 2.75) is 166 Å². The van der Waals surface area contributed by atoms with Crippen molar-refractivity contribution in [3.8, 4) is 11.5 Å². The number of rotatable bonds is 22. The molecule has 0 unspecified atom stereocenters. The van der Waals surface area contributed by atoms with Gasteiger partial charge in [0.25, 0.3) is 0 Å². The number of ether oxygens (including phenoxy) is 2. The fourth-order valence-electron chi connectivity index (χ4n) is 13.0. The van der Waals surface area contributed by atoms with Crippen LogP contribution in [0.5, 0.6) is 11.5 Å². The molecule has 2 saturated heterocycles. The van der Waals surface area contributed by atoms with Gasteiger partial charge in [-0.05, 0) is 141 Å². The van der Waals surface area contributed by atoms with Crippen LogP contribution in [0.1, 0.15) is 129 Å². The molecule has 2 aliphatic heterocycles. The summed E-state index contributed by atoms with van der Waals surface area (Å²) in [6.07, 6.45) is 19.0. The summed E-state index contributed by atoms with van der Waals surface area (Å²) >= 11 is 0. The SMILES string of the molecule is CN[C@@H](C)C(=O)N[C@H](C(=O)N1CCC[C@H]1C(=O)Nc1cc2c(NCC3CCC(CNc4ncnc5cc(OC)c(NC(=O)[C@@H]6CCCN6C(=O)[C@@H](NC(=O)[C@H](C)NC)C6CCCCC6)cc45)CC3)ncnc2cc1OC)C1CCCCC1. The number of aromatic nitrogens is 4. The van der Waals surface area contributed by atoms with Gasteiger partial charge >= 0.3 is 0 Å². The first-order valence-electron chi connectivity index (χ1n) is 30.1. The van der Waals surface area contributed by atoms with Crippen LogP contribution >= 0.6 is 0 Å². The van der Waals surface area contributed by atoms with Crippen molar-refractivity contribution in [3.63, 3.8) is 0 Å². The number of nitrogens with zero attached hydrogens (tertiary/aromatic N) is 6. The molecule has 3 aliphatic carbocycles. The third-order valence-electron chi connectivity index (χ3n) is 18.2. The number of methoxy groups -OCH3 is 2. The Morgan fingerprint density at radius 2 is 0.915 bits per heavy atom. The van der Waals surface area contributed by atoms with Crippen molar-refractivity contribution in [2.24, 2.45) is 23.7 Å². The van der Waals surface area contributed by atoms with Gasteiger partial charge in [0.05, 0.1) is 48.7 Å². The first kappa shape index (κ1) is 59.7. The third-order valence-corrected chi connectivity index (χ3v) is 18.2. The van der Waals surface area contributed by atoms with E-state index in [9.17, 15) is 28.8 Å². The first-order valence-corrected chi connectivity index (χ1v) is 30.1. The highest BCUT2D eigenvalue weighted by atomic mass is 16.5. The van der Waals surface area contributed by atoms with Crippen LogP contribution in [0.4, 0.5) is 23.0 Å². The fourth-order valence-corrected chi connectivity index (χ4v) is 13.0. The van der Waals surface area contributed by atoms with Gasteiger partial charge in [0, 0.05) is 49.1 Å². The molecule has 5 aliphatic rings. The molecule has 5 fully saturated rings. The molecule has 22 heteroatoms. The molecule has 0 radical (unpaired) electrons. The summed E-state index contributed by atoms with van der Waals surface area (Å²) in [7, 11) is 6.53. The van der Waals surface area contributed by atoms with E-state index in [1.807, 2.05) is 12.1 Å². The largest absolute Gasteiger partial charge is 0.494 e. The highest BCUT2D eigenvalue weighted by Gasteiger charge is 2.43. The minimum atomic E-state index is -0.709. The molecule has 8 N–H and O–H groups in total. The molecule has 9 rings (SSSR count). The fraction of sp³-hybridized carbons (Fsp3) is 0.633. The number of likely N-dealkylation sites (N-methyl/N-ethyl adjacent to an activating group) is 2. The monoisotopic (exact) mass is 1130 g/mol. The zero-order valence-electron chi connectivity index (χ0n) is 48.7. The average molecular weight is 1130 g/mol. The number of carbonyl (C=O) groups excluding carboxylic acids is 6. The Morgan fingerprint density at radius 3 is 1.28 bits per heavy atom. The van der Waals surface area contributed by atoms with Crippen molar-refractivity contribution in [1.82, 2.24) is 51.0 Å². The summed E-state index contributed by atoms with van der Waals surface area (Å²) in [4.78, 5) is 105. The number of benzene rings is 2. The van der Waals surface area contributed by atoms with E-state index in [4.69, 9.17) is 9.47 Å². The average Bonchev–Trinajstić information content (AvgIpc) is 4.33. The summed E-state index contributed by atoms with van der Waals surface area (Å²) in [5, 5.41) is 26.9. The molecule has 444 valence electrons. The van der Waals surface area contributed by atoms with Crippen LogP contribution in [-0.2, 0) is 28.8 Å². The summed E-state index contributed by atoms with van der Waals surface area (Å²) in [6, 6.07) is 3.51. The lowest BCUT2D eigenvalue weighted by molar-refractivity contribution is -0.142. The third kappa shape index (κ3) is 13.9. The van der Waals surface area contributed by atoms with Gasteiger partial charge in [0.15, 0.2) is 0 Å². The van der Waals surface area contributed by atoms with Crippen molar-refractivity contribution in [3.05, 3.63) is 36.9 Å². The van der Waals surface area contributed by atoms with Gasteiger partial charge in [-0.3, -0.25) is 28.8 Å². The van der Waals surface area contributed by atoms with Gasteiger partial charge in [-0.1, -0.05) is 38.5 Å². The molecule has 3 saturated carbocycles. The predicted octanol–water partition coefficient (Wildman–Crippen LogP) is 6.13. The number of amides is 6. The Balaban J connectivity index is 0.804. The Morgan fingerprint density at radius 1 is 0.524 bits per heavy atom. The van der Waals surface area contributed by atoms with Crippen LogP contribution in [0.2, 0.25) is 0 Å². The van der Waals surface area contributed by atoms with Crippen molar-refractivity contribution < 1.29 is 38.2 Å². The zero-order chi connectivity index (χ0) is 57.9. The van der Waals surface area contributed by atoms with E-state index in [0.717, 1.165) is 101 Å². The second kappa shape index (κ2) is 27.9. The van der Waals surface area contributed by atoms with Crippen LogP contribution in [-0.4, -0.2) is 156 Å². The van der Waals surface area contributed by atoms with Gasteiger partial charge in [-0.15, -0.1) is 0 Å². The molecule has 82 heavy (non-hydrogen) atoms. The summed E-state index contributed by atoms with van der Waals surface area (Å²) < 4.78 is 11.5. The number of nitrogens with one attached hydrogen (secondary N) is 8. The van der Waals surface area contributed by atoms with E-state index in [0.29, 0.717) is 109 Å². The molecular weight excluding hydrogens is 1040 g/mol. The van der Waals surface area contributed by atoms with Crippen LogP contribution < -0.4 is 52.0 Å². The minimum absolute atomic E-state index is 0.0116. The van der Waals surface area contributed by atoms with E-state index < -0.39 is 36.3 Å². The van der Waals surface area contributed by atoms with E-state index in [2.05, 4.69) is 62.5 Å². The lowest BCUT2D eigenvalue weighted by Gasteiger charge is -2.35. The number of fused-ring (bicyclic) bond motifs is 2. The lowest BCUT2D eigenvalue weighted by atomic mass is 9.82. The van der Waals surface area contributed by atoms with E-state index >= 15 is 0 Å². The maximum Gasteiger partial charge on any atom is 0.247 e. The number of hydrogen-bond acceptors (Lipinski definition) is 16. The number of carbonyl (C=O) groups is 6. The normalized spacial score (nSPS) is 22.2. The molecule has 6 atom stereocenters. The number of anilines is 4. The van der Waals surface area contributed by atoms with Crippen molar-refractivity contribution in [1.29, 1.82) is 0 Å². The molecule has 4 aromatic rings. The van der Waals surface area contributed by atoms with Crippen LogP contribution in [0.15, 0.2) is 36.9 Å². The molecule has 22 nitrogen and oxygen atoms in total. The second-order valence-corrected chi connectivity index (χ2v) is 23.4. The van der Waals surface area contributed by atoms with Crippen LogP contribution in [0.25, 0.3) is 21.8 Å². The number of hydrogen-bond donors (Lipinski definition) is 8. The first-order chi connectivity index (χ1) is 39.8. The smallest absolute Gasteiger partial charge is 0.247 e.